The van der Waals surface area contributed by atoms with Gasteiger partial charge in [0.2, 0.25) is 0 Å². The lowest BCUT2D eigenvalue weighted by Gasteiger charge is -2.18. The van der Waals surface area contributed by atoms with Crippen molar-refractivity contribution < 1.29 is 28.6 Å². The van der Waals surface area contributed by atoms with Crippen molar-refractivity contribution in [2.45, 2.75) is 329 Å². The normalized spacial score (nSPS) is 12.3. The van der Waals surface area contributed by atoms with Crippen LogP contribution in [0.1, 0.15) is 323 Å². The molecule has 0 N–H and O–H groups in total. The number of esters is 3. The first kappa shape index (κ1) is 67.4. The molecule has 0 saturated carbocycles. The Balaban J connectivity index is 4.41. The van der Waals surface area contributed by atoms with Crippen LogP contribution in [0.3, 0.4) is 0 Å². The minimum atomic E-state index is -0.801. The highest BCUT2D eigenvalue weighted by atomic mass is 16.6. The van der Waals surface area contributed by atoms with Crippen LogP contribution in [0.2, 0.25) is 0 Å². The van der Waals surface area contributed by atoms with Crippen LogP contribution >= 0.6 is 0 Å². The Morgan fingerprint density at radius 3 is 0.857 bits per heavy atom. The number of allylic oxidation sites excluding steroid dienone is 8. The first-order valence-corrected chi connectivity index (χ1v) is 30.6. The van der Waals surface area contributed by atoms with E-state index in [1.807, 2.05) is 0 Å². The summed E-state index contributed by atoms with van der Waals surface area (Å²) in [6.45, 7) is 6.63. The molecule has 0 rings (SSSR count). The Bertz CT molecular complexity index is 1220. The Morgan fingerprint density at radius 2 is 0.529 bits per heavy atom. The van der Waals surface area contributed by atoms with E-state index in [2.05, 4.69) is 69.4 Å². The molecule has 0 aliphatic rings. The van der Waals surface area contributed by atoms with Gasteiger partial charge in [0.1, 0.15) is 13.2 Å². The van der Waals surface area contributed by atoms with E-state index >= 15 is 0 Å². The second kappa shape index (κ2) is 58.9. The average Bonchev–Trinajstić information content (AvgIpc) is 3.36. The van der Waals surface area contributed by atoms with Crippen LogP contribution in [0.5, 0.6) is 0 Å². The largest absolute Gasteiger partial charge is 0.462 e. The number of unbranched alkanes of at least 4 members (excludes halogenated alkanes) is 37. The standard InChI is InChI=1S/C64H116O6/c1-4-7-10-13-16-19-22-25-28-31-32-34-36-39-42-45-48-51-54-57-63(66)69-60-61(59-68-62(65)56-53-50-47-44-41-38-35-30-27-24-21-18-15-12-9-6-3)70-64(67)58-55-52-49-46-43-40-37-33-29-26-23-20-17-14-11-8-5-2/h26,29-30,35,37,40,46,49,61H,4-25,27-28,31-34,36,38-39,41-45,47-48,50-60H2,1-3H3/b29-26-,35-30-,40-37-,49-46-. The van der Waals surface area contributed by atoms with E-state index in [9.17, 15) is 14.4 Å². The third-order valence-electron chi connectivity index (χ3n) is 13.6. The molecule has 0 aliphatic heterocycles. The van der Waals surface area contributed by atoms with E-state index in [1.165, 1.54) is 212 Å². The van der Waals surface area contributed by atoms with Crippen molar-refractivity contribution in [1.29, 1.82) is 0 Å². The SMILES string of the molecule is CCCCCCCC/C=C\C/C=C\C/C=C\CCCC(=O)OC(COC(=O)CCCCCCC/C=C\CCCCCCCCC)COC(=O)CCCCCCCCCCCCCCCCCCCCC. The monoisotopic (exact) mass is 981 g/mol. The van der Waals surface area contributed by atoms with Gasteiger partial charge in [0, 0.05) is 19.3 Å². The fourth-order valence-corrected chi connectivity index (χ4v) is 8.93. The van der Waals surface area contributed by atoms with Gasteiger partial charge < -0.3 is 14.2 Å². The quantitative estimate of drug-likeness (QED) is 0.0261. The van der Waals surface area contributed by atoms with Crippen LogP contribution in [-0.2, 0) is 28.6 Å². The van der Waals surface area contributed by atoms with Crippen molar-refractivity contribution in [2.24, 2.45) is 0 Å². The van der Waals surface area contributed by atoms with Gasteiger partial charge in [-0.05, 0) is 77.0 Å². The van der Waals surface area contributed by atoms with E-state index in [0.29, 0.717) is 19.3 Å². The van der Waals surface area contributed by atoms with Crippen molar-refractivity contribution in [2.75, 3.05) is 13.2 Å². The van der Waals surface area contributed by atoms with Crippen molar-refractivity contribution in [3.05, 3.63) is 48.6 Å². The lowest BCUT2D eigenvalue weighted by Crippen LogP contribution is -2.30. The summed E-state index contributed by atoms with van der Waals surface area (Å²) in [6.07, 6.45) is 72.6. The van der Waals surface area contributed by atoms with Crippen molar-refractivity contribution >= 4 is 17.9 Å². The zero-order valence-electron chi connectivity index (χ0n) is 46.8. The molecular weight excluding hydrogens is 865 g/mol. The maximum absolute atomic E-state index is 12.9. The summed E-state index contributed by atoms with van der Waals surface area (Å²) in [4.78, 5) is 38.2. The fourth-order valence-electron chi connectivity index (χ4n) is 8.93. The molecule has 408 valence electrons. The van der Waals surface area contributed by atoms with Gasteiger partial charge >= 0.3 is 17.9 Å². The van der Waals surface area contributed by atoms with Gasteiger partial charge in [-0.2, -0.15) is 0 Å². The summed E-state index contributed by atoms with van der Waals surface area (Å²) in [6, 6.07) is 0. The number of hydrogen-bond donors (Lipinski definition) is 0. The first-order valence-electron chi connectivity index (χ1n) is 30.6. The number of hydrogen-bond acceptors (Lipinski definition) is 6. The Hall–Kier alpha value is -2.63. The number of carbonyl (C=O) groups is 3. The van der Waals surface area contributed by atoms with E-state index in [0.717, 1.165) is 64.2 Å². The molecule has 1 atom stereocenters. The minimum absolute atomic E-state index is 0.0923. The zero-order chi connectivity index (χ0) is 50.7. The second-order valence-corrected chi connectivity index (χ2v) is 20.6. The minimum Gasteiger partial charge on any atom is -0.462 e. The summed E-state index contributed by atoms with van der Waals surface area (Å²) in [5.74, 6) is -0.936. The van der Waals surface area contributed by atoms with E-state index in [4.69, 9.17) is 14.2 Å². The molecule has 0 amide bonds. The molecule has 0 aromatic heterocycles. The molecule has 0 heterocycles. The van der Waals surface area contributed by atoms with E-state index in [-0.39, 0.29) is 37.5 Å². The van der Waals surface area contributed by atoms with Crippen molar-refractivity contribution in [3.63, 3.8) is 0 Å². The van der Waals surface area contributed by atoms with Crippen molar-refractivity contribution in [1.82, 2.24) is 0 Å². The second-order valence-electron chi connectivity index (χ2n) is 20.6. The molecule has 6 nitrogen and oxygen atoms in total. The highest BCUT2D eigenvalue weighted by Gasteiger charge is 2.19. The van der Waals surface area contributed by atoms with Crippen LogP contribution < -0.4 is 0 Å². The Kier molecular flexibility index (Phi) is 56.7. The average molecular weight is 982 g/mol. The fraction of sp³-hybridized carbons (Fsp3) is 0.828. The molecular formula is C64H116O6. The molecule has 0 spiro atoms. The lowest BCUT2D eigenvalue weighted by atomic mass is 10.0. The third kappa shape index (κ3) is 56.3. The summed E-state index contributed by atoms with van der Waals surface area (Å²) in [5.41, 5.74) is 0. The number of rotatable bonds is 56. The molecule has 0 aromatic rings. The smallest absolute Gasteiger partial charge is 0.306 e. The molecule has 6 heteroatoms. The van der Waals surface area contributed by atoms with Gasteiger partial charge in [0.15, 0.2) is 6.10 Å². The summed E-state index contributed by atoms with van der Waals surface area (Å²) in [5, 5.41) is 0. The maximum Gasteiger partial charge on any atom is 0.306 e. The molecule has 1 unspecified atom stereocenters. The van der Waals surface area contributed by atoms with Gasteiger partial charge in [-0.15, -0.1) is 0 Å². The van der Waals surface area contributed by atoms with Gasteiger partial charge in [0.25, 0.3) is 0 Å². The molecule has 0 aliphatic carbocycles. The highest BCUT2D eigenvalue weighted by Crippen LogP contribution is 2.17. The number of carbonyl (C=O) groups excluding carboxylic acids is 3. The topological polar surface area (TPSA) is 78.9 Å². The Morgan fingerprint density at radius 1 is 0.286 bits per heavy atom. The van der Waals surface area contributed by atoms with E-state index < -0.39 is 6.10 Å². The summed E-state index contributed by atoms with van der Waals surface area (Å²) < 4.78 is 16.9. The van der Waals surface area contributed by atoms with Gasteiger partial charge in [-0.3, -0.25) is 14.4 Å². The summed E-state index contributed by atoms with van der Waals surface area (Å²) in [7, 11) is 0. The predicted molar refractivity (Wildman–Crippen MR) is 302 cm³/mol. The molecule has 0 bridgehead atoms. The lowest BCUT2D eigenvalue weighted by molar-refractivity contribution is -0.167. The van der Waals surface area contributed by atoms with Crippen LogP contribution in [-0.4, -0.2) is 37.2 Å². The first-order chi connectivity index (χ1) is 34.5. The van der Waals surface area contributed by atoms with Gasteiger partial charge in [-0.25, -0.2) is 0 Å². The van der Waals surface area contributed by atoms with Crippen LogP contribution in [0.25, 0.3) is 0 Å². The van der Waals surface area contributed by atoms with E-state index in [1.54, 1.807) is 0 Å². The molecule has 0 saturated heterocycles. The summed E-state index contributed by atoms with van der Waals surface area (Å²) >= 11 is 0. The predicted octanol–water partition coefficient (Wildman–Crippen LogP) is 20.6. The molecule has 0 fully saturated rings. The van der Waals surface area contributed by atoms with Crippen LogP contribution in [0.4, 0.5) is 0 Å². The van der Waals surface area contributed by atoms with Crippen LogP contribution in [0.15, 0.2) is 48.6 Å². The van der Waals surface area contributed by atoms with Gasteiger partial charge in [-0.1, -0.05) is 275 Å². The molecule has 70 heavy (non-hydrogen) atoms. The number of ether oxygens (including phenoxy) is 3. The maximum atomic E-state index is 12.9. The third-order valence-corrected chi connectivity index (χ3v) is 13.6. The molecule has 0 radical (unpaired) electrons. The Labute approximate surface area is 435 Å². The van der Waals surface area contributed by atoms with Crippen LogP contribution in [0, 0.1) is 0 Å². The highest BCUT2D eigenvalue weighted by molar-refractivity contribution is 5.71. The van der Waals surface area contributed by atoms with Gasteiger partial charge in [0.05, 0.1) is 0 Å². The molecule has 0 aromatic carbocycles. The van der Waals surface area contributed by atoms with Crippen molar-refractivity contribution in [3.8, 4) is 0 Å². The zero-order valence-corrected chi connectivity index (χ0v) is 46.8.